The number of aromatic hydroxyl groups is 2. The number of carbonyl (C=O) groups excluding carboxylic acids is 3. The van der Waals surface area contributed by atoms with Crippen LogP contribution in [0.2, 0.25) is 0 Å². The summed E-state index contributed by atoms with van der Waals surface area (Å²) < 4.78 is 16.9. The van der Waals surface area contributed by atoms with Crippen LogP contribution in [-0.4, -0.2) is 64.1 Å². The number of hydrogen-bond donors (Lipinski definition) is 3. The van der Waals surface area contributed by atoms with Crippen LogP contribution >= 0.6 is 0 Å². The van der Waals surface area contributed by atoms with Crippen molar-refractivity contribution < 1.29 is 43.9 Å². The van der Waals surface area contributed by atoms with E-state index in [1.54, 1.807) is 27.7 Å². The second kappa shape index (κ2) is 9.93. The van der Waals surface area contributed by atoms with Crippen molar-refractivity contribution in [2.24, 2.45) is 4.99 Å². The number of aliphatic imine (C=N–C) groups is 1. The largest absolute Gasteiger partial charge is 0.510 e. The van der Waals surface area contributed by atoms with Gasteiger partial charge in [0.15, 0.2) is 11.6 Å². The summed E-state index contributed by atoms with van der Waals surface area (Å²) in [4.78, 5) is 41.7. The predicted molar refractivity (Wildman–Crippen MR) is 130 cm³/mol. The van der Waals surface area contributed by atoms with E-state index >= 15 is 0 Å². The Hall–Kier alpha value is -3.40. The lowest BCUT2D eigenvalue weighted by Crippen LogP contribution is -2.58. The van der Waals surface area contributed by atoms with E-state index in [4.69, 9.17) is 14.2 Å². The first kappa shape index (κ1) is 27.2. The van der Waals surface area contributed by atoms with Gasteiger partial charge in [-0.05, 0) is 48.0 Å². The maximum absolute atomic E-state index is 13.3. The van der Waals surface area contributed by atoms with Crippen molar-refractivity contribution in [1.29, 1.82) is 0 Å². The summed E-state index contributed by atoms with van der Waals surface area (Å²) in [6.45, 7) is 9.83. The Kier molecular flexibility index (Phi) is 7.50. The van der Waals surface area contributed by atoms with Gasteiger partial charge in [-0.3, -0.25) is 19.4 Å². The number of aliphatic hydroxyl groups is 1. The van der Waals surface area contributed by atoms with Gasteiger partial charge in [-0.1, -0.05) is 0 Å². The van der Waals surface area contributed by atoms with Crippen molar-refractivity contribution in [3.05, 3.63) is 28.0 Å². The van der Waals surface area contributed by atoms with Gasteiger partial charge in [-0.2, -0.15) is 0 Å². The maximum Gasteiger partial charge on any atom is 0.305 e. The molecule has 2 unspecified atom stereocenters. The fourth-order valence-electron chi connectivity index (χ4n) is 4.98. The van der Waals surface area contributed by atoms with Gasteiger partial charge < -0.3 is 29.5 Å². The number of phenols is 2. The van der Waals surface area contributed by atoms with Gasteiger partial charge >= 0.3 is 5.97 Å². The molecule has 196 valence electrons. The smallest absolute Gasteiger partial charge is 0.305 e. The molecule has 2 atom stereocenters. The first-order chi connectivity index (χ1) is 16.9. The zero-order chi connectivity index (χ0) is 27.0. The summed E-state index contributed by atoms with van der Waals surface area (Å²) in [5.74, 6) is -4.50. The van der Waals surface area contributed by atoms with Crippen molar-refractivity contribution in [2.75, 3.05) is 19.8 Å². The summed E-state index contributed by atoms with van der Waals surface area (Å²) in [5, 5.41) is 33.3. The number of fused-ring (bicyclic) bond motifs is 3. The zero-order valence-electron chi connectivity index (χ0n) is 21.5. The number of allylic oxidation sites excluding steroid dienone is 1. The van der Waals surface area contributed by atoms with E-state index in [1.807, 2.05) is 0 Å². The molecule has 10 heteroatoms. The van der Waals surface area contributed by atoms with Crippen LogP contribution in [0.25, 0.3) is 0 Å². The van der Waals surface area contributed by atoms with Crippen LogP contribution in [0.3, 0.4) is 0 Å². The van der Waals surface area contributed by atoms with Gasteiger partial charge in [-0.25, -0.2) is 0 Å². The van der Waals surface area contributed by atoms with E-state index in [-0.39, 0.29) is 78.0 Å². The van der Waals surface area contributed by atoms with Gasteiger partial charge in [0.1, 0.15) is 34.0 Å². The number of benzene rings is 1. The number of ketones is 2. The highest BCUT2D eigenvalue weighted by molar-refractivity contribution is 6.23. The van der Waals surface area contributed by atoms with Gasteiger partial charge in [0.2, 0.25) is 5.79 Å². The van der Waals surface area contributed by atoms with E-state index < -0.39 is 34.3 Å². The van der Waals surface area contributed by atoms with Crippen molar-refractivity contribution in [1.82, 2.24) is 0 Å². The van der Waals surface area contributed by atoms with Crippen molar-refractivity contribution in [3.8, 4) is 17.2 Å². The van der Waals surface area contributed by atoms with Gasteiger partial charge in [0, 0.05) is 30.8 Å². The number of carbonyl (C=O) groups is 3. The average molecular weight is 504 g/mol. The molecule has 1 aromatic rings. The molecular weight excluding hydrogens is 470 g/mol. The summed E-state index contributed by atoms with van der Waals surface area (Å²) >= 11 is 0. The molecule has 0 saturated carbocycles. The third kappa shape index (κ3) is 4.03. The van der Waals surface area contributed by atoms with Crippen LogP contribution in [0.5, 0.6) is 17.2 Å². The van der Waals surface area contributed by atoms with Crippen LogP contribution in [0, 0.1) is 6.92 Å². The molecular formula is C26H33NO9. The highest BCUT2D eigenvalue weighted by atomic mass is 16.7. The van der Waals surface area contributed by atoms with E-state index in [1.165, 1.54) is 13.8 Å². The normalized spacial score (nSPS) is 23.3. The predicted octanol–water partition coefficient (Wildman–Crippen LogP) is 3.58. The minimum atomic E-state index is -1.76. The quantitative estimate of drug-likeness (QED) is 0.199. The van der Waals surface area contributed by atoms with Crippen LogP contribution in [-0.2, 0) is 24.5 Å². The molecule has 0 amide bonds. The molecule has 0 fully saturated rings. The van der Waals surface area contributed by atoms with Crippen molar-refractivity contribution >= 4 is 23.2 Å². The molecule has 3 rings (SSSR count). The standard InChI is InChI=1S/C26H33NO9/c1-7-34-17(30)10-9-11-27-14(4)18-16(29)12-26(35-8-2)25(6,24(18)33)20-22(32)13(3)21(31)19(15(5)28)23(20)36-26/h31-33H,7-12H2,1-6H3. The third-order valence-corrected chi connectivity index (χ3v) is 6.83. The number of aliphatic hydroxyl groups excluding tert-OH is 1. The Morgan fingerprint density at radius 3 is 2.36 bits per heavy atom. The van der Waals surface area contributed by atoms with Crippen molar-refractivity contribution in [3.63, 3.8) is 0 Å². The zero-order valence-corrected chi connectivity index (χ0v) is 21.5. The number of ether oxygens (including phenoxy) is 3. The molecule has 0 aromatic heterocycles. The Balaban J connectivity index is 2.17. The van der Waals surface area contributed by atoms with Crippen LogP contribution < -0.4 is 4.74 Å². The number of esters is 1. The first-order valence-electron chi connectivity index (χ1n) is 11.9. The molecule has 0 radical (unpaired) electrons. The molecule has 10 nitrogen and oxygen atoms in total. The van der Waals surface area contributed by atoms with E-state index in [2.05, 4.69) is 4.99 Å². The Bertz CT molecular complexity index is 1180. The minimum absolute atomic E-state index is 0.0340. The highest BCUT2D eigenvalue weighted by Gasteiger charge is 2.67. The highest BCUT2D eigenvalue weighted by Crippen LogP contribution is 2.63. The Morgan fingerprint density at radius 2 is 1.78 bits per heavy atom. The lowest BCUT2D eigenvalue weighted by Gasteiger charge is -2.44. The molecule has 1 heterocycles. The molecule has 3 N–H and O–H groups in total. The number of phenolic OH excluding ortho intramolecular Hbond substituents is 2. The first-order valence-corrected chi connectivity index (χ1v) is 11.9. The number of hydrogen-bond acceptors (Lipinski definition) is 10. The van der Waals surface area contributed by atoms with Gasteiger partial charge in [-0.15, -0.1) is 0 Å². The number of rotatable bonds is 9. The van der Waals surface area contributed by atoms with E-state index in [9.17, 15) is 29.7 Å². The van der Waals surface area contributed by atoms with E-state index in [0.29, 0.717) is 6.42 Å². The Labute approximate surface area is 209 Å². The SMILES string of the molecule is CCOC(=O)CCCN=C(C)C1=C(O)C2(C)c3c(O)c(C)c(O)c(C(C)=O)c3OC2(OCC)CC1=O. The molecule has 0 bridgehead atoms. The molecule has 1 aliphatic heterocycles. The third-order valence-electron chi connectivity index (χ3n) is 6.83. The summed E-state index contributed by atoms with van der Waals surface area (Å²) in [6.07, 6.45) is 0.226. The summed E-state index contributed by atoms with van der Waals surface area (Å²) in [5.41, 5.74) is -1.48. The van der Waals surface area contributed by atoms with Crippen LogP contribution in [0.1, 0.15) is 75.4 Å². The van der Waals surface area contributed by atoms with Gasteiger partial charge in [0.25, 0.3) is 0 Å². The molecule has 2 aliphatic rings. The fourth-order valence-corrected chi connectivity index (χ4v) is 4.98. The second-order valence-corrected chi connectivity index (χ2v) is 9.07. The number of nitrogens with zero attached hydrogens (tertiary/aromatic N) is 1. The van der Waals surface area contributed by atoms with Crippen molar-refractivity contribution in [2.45, 2.75) is 72.0 Å². The van der Waals surface area contributed by atoms with E-state index in [0.717, 1.165) is 0 Å². The maximum atomic E-state index is 13.3. The summed E-state index contributed by atoms with van der Waals surface area (Å²) in [6, 6.07) is 0. The topological polar surface area (TPSA) is 152 Å². The average Bonchev–Trinajstić information content (AvgIpc) is 3.04. The molecule has 36 heavy (non-hydrogen) atoms. The van der Waals surface area contributed by atoms with Gasteiger partial charge in [0.05, 0.1) is 24.2 Å². The second-order valence-electron chi connectivity index (χ2n) is 9.07. The van der Waals surface area contributed by atoms with Crippen LogP contribution in [0.15, 0.2) is 16.3 Å². The fraction of sp³-hybridized carbons (Fsp3) is 0.538. The van der Waals surface area contributed by atoms with Crippen LogP contribution in [0.4, 0.5) is 0 Å². The molecule has 1 aliphatic carbocycles. The number of Topliss-reactive ketones (excluding diaryl/α,β-unsaturated/α-hetero) is 2. The molecule has 1 aromatic carbocycles. The lowest BCUT2D eigenvalue weighted by atomic mass is 9.66. The minimum Gasteiger partial charge on any atom is -0.510 e. The monoisotopic (exact) mass is 503 g/mol. The molecule has 0 saturated heterocycles. The Morgan fingerprint density at radius 1 is 1.11 bits per heavy atom. The summed E-state index contributed by atoms with van der Waals surface area (Å²) in [7, 11) is 0. The molecule has 0 spiro atoms. The lowest BCUT2D eigenvalue weighted by molar-refractivity contribution is -0.211.